The number of carboxylic acid groups (broad SMARTS) is 1. The van der Waals surface area contributed by atoms with Crippen LogP contribution in [0.25, 0.3) is 0 Å². The smallest absolute Gasteiger partial charge is 0.303 e. The first kappa shape index (κ1) is 13.2. The van der Waals surface area contributed by atoms with Crippen molar-refractivity contribution in [3.8, 4) is 0 Å². The van der Waals surface area contributed by atoms with Gasteiger partial charge in [0.15, 0.2) is 0 Å². The molecule has 0 saturated heterocycles. The molecular weight excluding hydrogens is 220 g/mol. The van der Waals surface area contributed by atoms with Gasteiger partial charge in [-0.15, -0.1) is 11.3 Å². The highest BCUT2D eigenvalue weighted by Crippen LogP contribution is 2.29. The van der Waals surface area contributed by atoms with Gasteiger partial charge >= 0.3 is 5.97 Å². The van der Waals surface area contributed by atoms with E-state index in [2.05, 4.69) is 19.9 Å². The number of carboxylic acids is 1. The number of aryl methyl sites for hydroxylation is 3. The molecule has 1 aromatic heterocycles. The highest BCUT2D eigenvalue weighted by Gasteiger charge is 2.21. The molecule has 0 saturated carbocycles. The van der Waals surface area contributed by atoms with Crippen molar-refractivity contribution in [3.63, 3.8) is 0 Å². The summed E-state index contributed by atoms with van der Waals surface area (Å²) in [4.78, 5) is 13.4. The van der Waals surface area contributed by atoms with E-state index in [9.17, 15) is 4.79 Å². The van der Waals surface area contributed by atoms with Crippen LogP contribution in [0.15, 0.2) is 6.07 Å². The lowest BCUT2D eigenvalue weighted by atomic mass is 9.84. The second-order valence-electron chi connectivity index (χ2n) is 5.19. The van der Waals surface area contributed by atoms with E-state index in [-0.39, 0.29) is 11.8 Å². The molecule has 3 heteroatoms. The fraction of sp³-hybridized carbons (Fsp3) is 0.615. The molecule has 0 unspecified atom stereocenters. The predicted molar refractivity (Wildman–Crippen MR) is 68.1 cm³/mol. The third-order valence-corrected chi connectivity index (χ3v) is 4.11. The fourth-order valence-electron chi connectivity index (χ4n) is 1.73. The summed E-state index contributed by atoms with van der Waals surface area (Å²) in [6.45, 7) is 8.30. The van der Waals surface area contributed by atoms with Gasteiger partial charge < -0.3 is 5.11 Å². The molecule has 0 aliphatic rings. The van der Waals surface area contributed by atoms with Gasteiger partial charge in [0.25, 0.3) is 0 Å². The lowest BCUT2D eigenvalue weighted by molar-refractivity contribution is -0.139. The van der Waals surface area contributed by atoms with E-state index in [4.69, 9.17) is 5.11 Å². The average molecular weight is 240 g/mol. The Balaban J connectivity index is 2.53. The summed E-state index contributed by atoms with van der Waals surface area (Å²) in [7, 11) is 0. The molecule has 1 rings (SSSR count). The Hall–Kier alpha value is -0.830. The third kappa shape index (κ3) is 3.97. The summed E-state index contributed by atoms with van der Waals surface area (Å²) in [5.41, 5.74) is 1.23. The maximum Gasteiger partial charge on any atom is 0.303 e. The van der Waals surface area contributed by atoms with E-state index in [1.165, 1.54) is 15.3 Å². The zero-order valence-electron chi connectivity index (χ0n) is 10.5. The minimum Gasteiger partial charge on any atom is -0.481 e. The minimum atomic E-state index is -0.705. The van der Waals surface area contributed by atoms with Crippen LogP contribution < -0.4 is 0 Å². The molecule has 0 fully saturated rings. The van der Waals surface area contributed by atoms with E-state index in [0.29, 0.717) is 0 Å². The quantitative estimate of drug-likeness (QED) is 0.850. The molecule has 0 bridgehead atoms. The summed E-state index contributed by atoms with van der Waals surface area (Å²) in [5.74, 6) is -0.705. The monoisotopic (exact) mass is 240 g/mol. The van der Waals surface area contributed by atoms with E-state index >= 15 is 0 Å². The molecular formula is C13H20O2S. The highest BCUT2D eigenvalue weighted by molar-refractivity contribution is 7.12. The van der Waals surface area contributed by atoms with Gasteiger partial charge in [-0.1, -0.05) is 13.8 Å². The van der Waals surface area contributed by atoms with E-state index in [1.807, 2.05) is 25.2 Å². The molecule has 16 heavy (non-hydrogen) atoms. The number of carbonyl (C=O) groups is 1. The zero-order valence-corrected chi connectivity index (χ0v) is 11.3. The van der Waals surface area contributed by atoms with Gasteiger partial charge in [0, 0.05) is 9.75 Å². The van der Waals surface area contributed by atoms with Crippen LogP contribution in [0.3, 0.4) is 0 Å². The van der Waals surface area contributed by atoms with Gasteiger partial charge in [0.05, 0.1) is 6.42 Å². The predicted octanol–water partition coefficient (Wildman–Crippen LogP) is 3.80. The van der Waals surface area contributed by atoms with Crippen LogP contribution in [0, 0.1) is 19.3 Å². The van der Waals surface area contributed by atoms with Crippen molar-refractivity contribution in [2.24, 2.45) is 5.41 Å². The van der Waals surface area contributed by atoms with Gasteiger partial charge in [0.1, 0.15) is 0 Å². The number of hydrogen-bond acceptors (Lipinski definition) is 2. The molecule has 0 radical (unpaired) electrons. The second-order valence-corrected chi connectivity index (χ2v) is 6.53. The van der Waals surface area contributed by atoms with E-state index in [0.717, 1.165) is 12.8 Å². The molecule has 1 aromatic rings. The summed E-state index contributed by atoms with van der Waals surface area (Å²) in [6.07, 6.45) is 2.16. The molecule has 1 N–H and O–H groups in total. The van der Waals surface area contributed by atoms with E-state index < -0.39 is 5.97 Å². The van der Waals surface area contributed by atoms with Gasteiger partial charge in [-0.3, -0.25) is 4.79 Å². The molecule has 0 aliphatic carbocycles. The van der Waals surface area contributed by atoms with Crippen LogP contribution in [-0.4, -0.2) is 11.1 Å². The first-order valence-electron chi connectivity index (χ1n) is 5.58. The average Bonchev–Trinajstić information content (AvgIpc) is 2.41. The van der Waals surface area contributed by atoms with Gasteiger partial charge in [0.2, 0.25) is 0 Å². The maximum absolute atomic E-state index is 10.7. The molecule has 0 atom stereocenters. The number of aliphatic carboxylic acids is 1. The Kier molecular flexibility index (Phi) is 4.14. The van der Waals surface area contributed by atoms with Crippen molar-refractivity contribution in [1.82, 2.24) is 0 Å². The number of rotatable bonds is 5. The summed E-state index contributed by atoms with van der Waals surface area (Å²) in [5, 5.41) is 8.80. The Morgan fingerprint density at radius 3 is 2.50 bits per heavy atom. The normalized spacial score (nSPS) is 11.8. The second kappa shape index (κ2) is 5.00. The zero-order chi connectivity index (χ0) is 12.3. The van der Waals surface area contributed by atoms with Crippen LogP contribution in [0.1, 0.15) is 42.0 Å². The summed E-state index contributed by atoms with van der Waals surface area (Å²) in [6, 6.07) is 2.22. The molecule has 0 spiro atoms. The highest BCUT2D eigenvalue weighted by atomic mass is 32.1. The lowest BCUT2D eigenvalue weighted by Gasteiger charge is -2.21. The Morgan fingerprint density at radius 2 is 2.06 bits per heavy atom. The molecule has 1 heterocycles. The van der Waals surface area contributed by atoms with Crippen molar-refractivity contribution in [2.45, 2.75) is 47.0 Å². The Bertz CT molecular complexity index is 358. The summed E-state index contributed by atoms with van der Waals surface area (Å²) >= 11 is 1.83. The Morgan fingerprint density at radius 1 is 1.44 bits per heavy atom. The molecule has 90 valence electrons. The van der Waals surface area contributed by atoms with Crippen molar-refractivity contribution in [1.29, 1.82) is 0 Å². The van der Waals surface area contributed by atoms with Gasteiger partial charge in [-0.05, 0) is 43.7 Å². The SMILES string of the molecule is Cc1cc(CCC(C)(C)CC(=O)O)sc1C. The fourth-order valence-corrected chi connectivity index (χ4v) is 2.79. The molecule has 0 amide bonds. The maximum atomic E-state index is 10.7. The lowest BCUT2D eigenvalue weighted by Crippen LogP contribution is -2.17. The molecule has 2 nitrogen and oxygen atoms in total. The van der Waals surface area contributed by atoms with Crippen molar-refractivity contribution in [3.05, 3.63) is 21.4 Å². The van der Waals surface area contributed by atoms with E-state index in [1.54, 1.807) is 0 Å². The van der Waals surface area contributed by atoms with Crippen molar-refractivity contribution in [2.75, 3.05) is 0 Å². The van der Waals surface area contributed by atoms with Crippen LogP contribution in [0.5, 0.6) is 0 Å². The summed E-state index contributed by atoms with van der Waals surface area (Å²) < 4.78 is 0. The third-order valence-electron chi connectivity index (χ3n) is 2.89. The van der Waals surface area contributed by atoms with Crippen molar-refractivity contribution < 1.29 is 9.90 Å². The standard InChI is InChI=1S/C13H20O2S/c1-9-7-11(16-10(9)2)5-6-13(3,4)8-12(14)15/h7H,5-6,8H2,1-4H3,(H,14,15). The van der Waals surface area contributed by atoms with Crippen LogP contribution in [-0.2, 0) is 11.2 Å². The molecule has 0 aliphatic heterocycles. The molecule has 0 aromatic carbocycles. The number of thiophene rings is 1. The van der Waals surface area contributed by atoms with Gasteiger partial charge in [-0.2, -0.15) is 0 Å². The topological polar surface area (TPSA) is 37.3 Å². The minimum absolute atomic E-state index is 0.113. The van der Waals surface area contributed by atoms with Crippen molar-refractivity contribution >= 4 is 17.3 Å². The first-order valence-corrected chi connectivity index (χ1v) is 6.39. The van der Waals surface area contributed by atoms with Crippen LogP contribution in [0.2, 0.25) is 0 Å². The van der Waals surface area contributed by atoms with Crippen LogP contribution in [0.4, 0.5) is 0 Å². The van der Waals surface area contributed by atoms with Crippen LogP contribution >= 0.6 is 11.3 Å². The first-order chi connectivity index (χ1) is 7.30. The Labute approximate surface area is 101 Å². The van der Waals surface area contributed by atoms with Gasteiger partial charge in [-0.25, -0.2) is 0 Å². The number of hydrogen-bond donors (Lipinski definition) is 1. The largest absolute Gasteiger partial charge is 0.481 e.